The molecule has 1 aliphatic rings. The van der Waals surface area contributed by atoms with Crippen molar-refractivity contribution < 1.29 is 19.4 Å². The summed E-state index contributed by atoms with van der Waals surface area (Å²) in [6.45, 7) is 0.0104. The largest absolute Gasteiger partial charge is 0.482 e. The standard InChI is InChI=1S/C19H19NO4/c21-18(22)12-24-15-6-3-4-13(10-15)11-20-19(23)17-9-8-14-5-1-2-7-16(14)17/h1-7,10,17H,8-9,11-12H2,(H,20,23)(H,21,22)/t17-/m1/s1. The Labute approximate surface area is 140 Å². The first-order valence-corrected chi connectivity index (χ1v) is 7.92. The smallest absolute Gasteiger partial charge is 0.341 e. The average molecular weight is 325 g/mol. The molecular weight excluding hydrogens is 306 g/mol. The van der Waals surface area contributed by atoms with E-state index in [1.807, 2.05) is 24.3 Å². The van der Waals surface area contributed by atoms with Crippen LogP contribution in [-0.4, -0.2) is 23.6 Å². The highest BCUT2D eigenvalue weighted by Gasteiger charge is 2.27. The number of carbonyl (C=O) groups is 2. The van der Waals surface area contributed by atoms with Crippen LogP contribution in [0.25, 0.3) is 0 Å². The van der Waals surface area contributed by atoms with Crippen molar-refractivity contribution >= 4 is 11.9 Å². The van der Waals surface area contributed by atoms with Gasteiger partial charge in [0.05, 0.1) is 5.92 Å². The van der Waals surface area contributed by atoms with E-state index in [4.69, 9.17) is 9.84 Å². The third-order valence-electron chi connectivity index (χ3n) is 4.18. The summed E-state index contributed by atoms with van der Waals surface area (Å²) >= 11 is 0. The lowest BCUT2D eigenvalue weighted by molar-refractivity contribution is -0.139. The highest BCUT2D eigenvalue weighted by Crippen LogP contribution is 2.32. The fourth-order valence-electron chi connectivity index (χ4n) is 3.03. The molecule has 2 aromatic carbocycles. The first-order valence-electron chi connectivity index (χ1n) is 7.92. The molecule has 0 saturated carbocycles. The van der Waals surface area contributed by atoms with E-state index in [2.05, 4.69) is 11.4 Å². The van der Waals surface area contributed by atoms with Crippen LogP contribution in [0.15, 0.2) is 48.5 Å². The number of hydrogen-bond donors (Lipinski definition) is 2. The summed E-state index contributed by atoms with van der Waals surface area (Å²) in [6, 6.07) is 15.2. The number of benzene rings is 2. The number of ether oxygens (including phenoxy) is 1. The molecule has 0 saturated heterocycles. The summed E-state index contributed by atoms with van der Waals surface area (Å²) in [4.78, 5) is 23.0. The Kier molecular flexibility index (Phi) is 4.79. The summed E-state index contributed by atoms with van der Waals surface area (Å²) in [6.07, 6.45) is 1.78. The van der Waals surface area contributed by atoms with E-state index < -0.39 is 5.97 Å². The van der Waals surface area contributed by atoms with Crippen molar-refractivity contribution in [2.75, 3.05) is 6.61 Å². The van der Waals surface area contributed by atoms with Crippen LogP contribution in [0.2, 0.25) is 0 Å². The minimum Gasteiger partial charge on any atom is -0.482 e. The molecule has 1 amide bonds. The third kappa shape index (κ3) is 3.74. The Morgan fingerprint density at radius 3 is 2.83 bits per heavy atom. The second kappa shape index (κ2) is 7.17. The van der Waals surface area contributed by atoms with Crippen molar-refractivity contribution in [2.45, 2.75) is 25.3 Å². The maximum atomic E-state index is 12.5. The van der Waals surface area contributed by atoms with Crippen LogP contribution in [-0.2, 0) is 22.6 Å². The van der Waals surface area contributed by atoms with Crippen LogP contribution < -0.4 is 10.1 Å². The van der Waals surface area contributed by atoms with E-state index >= 15 is 0 Å². The number of carbonyl (C=O) groups excluding carboxylic acids is 1. The predicted octanol–water partition coefficient (Wildman–Crippen LogP) is 2.50. The quantitative estimate of drug-likeness (QED) is 0.855. The number of aliphatic carboxylic acids is 1. The van der Waals surface area contributed by atoms with Gasteiger partial charge in [0.25, 0.3) is 0 Å². The summed E-state index contributed by atoms with van der Waals surface area (Å²) in [5.41, 5.74) is 3.24. The molecule has 0 spiro atoms. The van der Waals surface area contributed by atoms with Crippen molar-refractivity contribution in [1.82, 2.24) is 5.32 Å². The van der Waals surface area contributed by atoms with Gasteiger partial charge < -0.3 is 15.2 Å². The van der Waals surface area contributed by atoms with E-state index in [9.17, 15) is 9.59 Å². The highest BCUT2D eigenvalue weighted by atomic mass is 16.5. The number of hydrogen-bond acceptors (Lipinski definition) is 3. The summed E-state index contributed by atoms with van der Waals surface area (Å²) in [5, 5.41) is 11.6. The topological polar surface area (TPSA) is 75.6 Å². The van der Waals surface area contributed by atoms with Gasteiger partial charge in [-0.3, -0.25) is 4.79 Å². The van der Waals surface area contributed by atoms with Gasteiger partial charge >= 0.3 is 5.97 Å². The molecule has 24 heavy (non-hydrogen) atoms. The van der Waals surface area contributed by atoms with Crippen LogP contribution in [0.4, 0.5) is 0 Å². The molecule has 0 bridgehead atoms. The minimum absolute atomic E-state index is 0.0248. The number of carboxylic acids is 1. The van der Waals surface area contributed by atoms with Gasteiger partial charge in [0, 0.05) is 6.54 Å². The number of carboxylic acid groups (broad SMARTS) is 1. The lowest BCUT2D eigenvalue weighted by Gasteiger charge is -2.13. The minimum atomic E-state index is -1.02. The lowest BCUT2D eigenvalue weighted by atomic mass is 10.0. The molecule has 1 aliphatic carbocycles. The second-order valence-electron chi connectivity index (χ2n) is 5.84. The van der Waals surface area contributed by atoms with Crippen LogP contribution in [0.5, 0.6) is 5.75 Å². The molecule has 0 aromatic heterocycles. The maximum absolute atomic E-state index is 12.5. The maximum Gasteiger partial charge on any atom is 0.341 e. The zero-order valence-corrected chi connectivity index (χ0v) is 13.2. The Morgan fingerprint density at radius 1 is 1.17 bits per heavy atom. The van der Waals surface area contributed by atoms with Gasteiger partial charge in [0.15, 0.2) is 6.61 Å². The molecule has 2 N–H and O–H groups in total. The Bertz CT molecular complexity index is 757. The molecule has 5 heteroatoms. The zero-order chi connectivity index (χ0) is 16.9. The fourth-order valence-corrected chi connectivity index (χ4v) is 3.03. The van der Waals surface area contributed by atoms with E-state index in [1.54, 1.807) is 18.2 Å². The van der Waals surface area contributed by atoms with E-state index in [0.29, 0.717) is 12.3 Å². The molecule has 0 fully saturated rings. The molecule has 2 aromatic rings. The Morgan fingerprint density at radius 2 is 2.00 bits per heavy atom. The summed E-state index contributed by atoms with van der Waals surface area (Å²) in [7, 11) is 0. The Hall–Kier alpha value is -2.82. The molecule has 5 nitrogen and oxygen atoms in total. The number of amides is 1. The predicted molar refractivity (Wildman–Crippen MR) is 88.9 cm³/mol. The second-order valence-corrected chi connectivity index (χ2v) is 5.84. The van der Waals surface area contributed by atoms with Crippen molar-refractivity contribution in [3.63, 3.8) is 0 Å². The first kappa shape index (κ1) is 16.1. The van der Waals surface area contributed by atoms with Crippen molar-refractivity contribution in [1.29, 1.82) is 0 Å². The van der Waals surface area contributed by atoms with Crippen molar-refractivity contribution in [3.8, 4) is 5.75 Å². The van der Waals surface area contributed by atoms with Crippen LogP contribution in [0.1, 0.15) is 29.0 Å². The molecule has 124 valence electrons. The number of rotatable bonds is 6. The van der Waals surface area contributed by atoms with Crippen LogP contribution in [0, 0.1) is 0 Å². The molecule has 0 aliphatic heterocycles. The highest BCUT2D eigenvalue weighted by molar-refractivity contribution is 5.84. The SMILES string of the molecule is O=C(O)COc1cccc(CNC(=O)[C@@H]2CCc3ccccc32)c1. The van der Waals surface area contributed by atoms with Gasteiger partial charge in [-0.15, -0.1) is 0 Å². The van der Waals surface area contributed by atoms with Gasteiger partial charge in [0.2, 0.25) is 5.91 Å². The molecule has 1 atom stereocenters. The number of aryl methyl sites for hydroxylation is 1. The summed E-state index contributed by atoms with van der Waals surface area (Å²) in [5.74, 6) is -0.603. The first-order chi connectivity index (χ1) is 11.6. The van der Waals surface area contributed by atoms with Gasteiger partial charge in [0.1, 0.15) is 5.75 Å². The molecule has 0 heterocycles. The molecular formula is C19H19NO4. The van der Waals surface area contributed by atoms with Gasteiger partial charge in [-0.2, -0.15) is 0 Å². The molecule has 3 rings (SSSR count). The van der Waals surface area contributed by atoms with Gasteiger partial charge in [-0.1, -0.05) is 36.4 Å². The van der Waals surface area contributed by atoms with Crippen LogP contribution in [0.3, 0.4) is 0 Å². The van der Waals surface area contributed by atoms with Gasteiger partial charge in [-0.25, -0.2) is 4.79 Å². The van der Waals surface area contributed by atoms with Gasteiger partial charge in [-0.05, 0) is 41.7 Å². The number of nitrogens with one attached hydrogen (secondary N) is 1. The monoisotopic (exact) mass is 325 g/mol. The van der Waals surface area contributed by atoms with Crippen LogP contribution >= 0.6 is 0 Å². The van der Waals surface area contributed by atoms with E-state index in [1.165, 1.54) is 5.56 Å². The summed E-state index contributed by atoms with van der Waals surface area (Å²) < 4.78 is 5.15. The fraction of sp³-hybridized carbons (Fsp3) is 0.263. The molecule has 0 radical (unpaired) electrons. The Balaban J connectivity index is 1.59. The number of fused-ring (bicyclic) bond motifs is 1. The lowest BCUT2D eigenvalue weighted by Crippen LogP contribution is -2.27. The van der Waals surface area contributed by atoms with E-state index in [0.717, 1.165) is 24.0 Å². The zero-order valence-electron chi connectivity index (χ0n) is 13.2. The van der Waals surface area contributed by atoms with Crippen molar-refractivity contribution in [2.24, 2.45) is 0 Å². The third-order valence-corrected chi connectivity index (χ3v) is 4.18. The van der Waals surface area contributed by atoms with E-state index in [-0.39, 0.29) is 18.4 Å². The average Bonchev–Trinajstić information content (AvgIpc) is 3.02. The molecule has 0 unspecified atom stereocenters. The normalized spacial score (nSPS) is 15.6. The van der Waals surface area contributed by atoms with Crippen molar-refractivity contribution in [3.05, 3.63) is 65.2 Å².